The van der Waals surface area contributed by atoms with Gasteiger partial charge in [0.1, 0.15) is 0 Å². The highest BCUT2D eigenvalue weighted by Crippen LogP contribution is 2.19. The van der Waals surface area contributed by atoms with Crippen LogP contribution in [0.25, 0.3) is 0 Å². The minimum absolute atomic E-state index is 0.323. The highest BCUT2D eigenvalue weighted by atomic mass is 16.3. The number of hydrogen-bond acceptors (Lipinski definition) is 3. The molecule has 150 valence electrons. The highest BCUT2D eigenvalue weighted by molar-refractivity contribution is 4.80. The number of aliphatic hydroxyl groups is 1. The summed E-state index contributed by atoms with van der Waals surface area (Å²) in [6, 6.07) is 0. The summed E-state index contributed by atoms with van der Waals surface area (Å²) in [5.41, 5.74) is 0. The lowest BCUT2D eigenvalue weighted by Gasteiger charge is -2.23. The van der Waals surface area contributed by atoms with E-state index in [4.69, 9.17) is 0 Å². The van der Waals surface area contributed by atoms with Crippen LogP contribution in [0.2, 0.25) is 0 Å². The Morgan fingerprint density at radius 1 is 0.680 bits per heavy atom. The first-order valence-corrected chi connectivity index (χ1v) is 11.5. The maximum atomic E-state index is 9.26. The number of nitrogens with one attached hydrogen (secondary N) is 2. The summed E-state index contributed by atoms with van der Waals surface area (Å²) in [7, 11) is 0. The van der Waals surface area contributed by atoms with Gasteiger partial charge in [0.2, 0.25) is 0 Å². The van der Waals surface area contributed by atoms with Crippen molar-refractivity contribution in [1.29, 1.82) is 0 Å². The van der Waals surface area contributed by atoms with Crippen LogP contribution in [0.3, 0.4) is 0 Å². The fourth-order valence-corrected chi connectivity index (χ4v) is 4.11. The van der Waals surface area contributed by atoms with E-state index < -0.39 is 0 Å². The third-order valence-corrected chi connectivity index (χ3v) is 5.75. The van der Waals surface area contributed by atoms with Crippen molar-refractivity contribution in [3.63, 3.8) is 0 Å². The fourth-order valence-electron chi connectivity index (χ4n) is 4.11. The van der Waals surface area contributed by atoms with E-state index in [0.29, 0.717) is 18.7 Å². The molecule has 0 radical (unpaired) electrons. The molecule has 1 aliphatic rings. The van der Waals surface area contributed by atoms with E-state index in [1.54, 1.807) is 0 Å². The van der Waals surface area contributed by atoms with Gasteiger partial charge in [0.05, 0.1) is 6.17 Å². The van der Waals surface area contributed by atoms with Crippen LogP contribution < -0.4 is 10.6 Å². The maximum absolute atomic E-state index is 9.26. The van der Waals surface area contributed by atoms with Crippen molar-refractivity contribution < 1.29 is 5.11 Å². The summed E-state index contributed by atoms with van der Waals surface area (Å²) in [5.74, 6) is 0.602. The quantitative estimate of drug-likeness (QED) is 0.290. The molecule has 0 bridgehead atoms. The molecule has 1 atom stereocenters. The molecular weight excluding hydrogens is 308 g/mol. The van der Waals surface area contributed by atoms with Crippen LogP contribution in [0.4, 0.5) is 0 Å². The van der Waals surface area contributed by atoms with Crippen LogP contribution in [0, 0.1) is 5.92 Å². The summed E-state index contributed by atoms with van der Waals surface area (Å²) in [6.07, 6.45) is 22.5. The molecule has 0 aromatic rings. The highest BCUT2D eigenvalue weighted by Gasteiger charge is 2.22. The lowest BCUT2D eigenvalue weighted by molar-refractivity contribution is 0.219. The van der Waals surface area contributed by atoms with Gasteiger partial charge in [-0.2, -0.15) is 0 Å². The molecule has 0 saturated carbocycles. The van der Waals surface area contributed by atoms with E-state index in [1.165, 1.54) is 96.3 Å². The Hall–Kier alpha value is -0.120. The van der Waals surface area contributed by atoms with E-state index in [0.717, 1.165) is 19.5 Å². The predicted octanol–water partition coefficient (Wildman–Crippen LogP) is 5.38. The van der Waals surface area contributed by atoms with Crippen LogP contribution >= 0.6 is 0 Å². The molecule has 0 aromatic carbocycles. The van der Waals surface area contributed by atoms with Gasteiger partial charge in [0, 0.05) is 19.7 Å². The monoisotopic (exact) mass is 354 g/mol. The van der Waals surface area contributed by atoms with E-state index in [-0.39, 0.29) is 0 Å². The molecule has 1 rings (SSSR count). The van der Waals surface area contributed by atoms with Gasteiger partial charge < -0.3 is 15.7 Å². The number of unbranched alkanes of at least 4 members (excludes halogenated alkanes) is 13. The van der Waals surface area contributed by atoms with Crippen LogP contribution in [0.5, 0.6) is 0 Å². The minimum Gasteiger partial charge on any atom is -0.396 e. The van der Waals surface area contributed by atoms with Crippen LogP contribution in [-0.4, -0.2) is 31.0 Å². The molecule has 1 saturated heterocycles. The predicted molar refractivity (Wildman–Crippen MR) is 110 cm³/mol. The average molecular weight is 355 g/mol. The Kier molecular flexibility index (Phi) is 15.9. The largest absolute Gasteiger partial charge is 0.396 e. The van der Waals surface area contributed by atoms with E-state index >= 15 is 0 Å². The summed E-state index contributed by atoms with van der Waals surface area (Å²) >= 11 is 0. The molecule has 25 heavy (non-hydrogen) atoms. The zero-order valence-electron chi connectivity index (χ0n) is 17.0. The van der Waals surface area contributed by atoms with Crippen molar-refractivity contribution in [2.75, 3.05) is 19.7 Å². The SMILES string of the molecule is CCCCCCCCCCCCCCCCC(CCO)C1NCCN1. The average Bonchev–Trinajstić information content (AvgIpc) is 3.15. The second-order valence-corrected chi connectivity index (χ2v) is 8.04. The molecular formula is C22H46N2O. The van der Waals surface area contributed by atoms with E-state index in [9.17, 15) is 5.11 Å². The molecule has 1 aliphatic heterocycles. The summed E-state index contributed by atoms with van der Waals surface area (Å²) < 4.78 is 0. The molecule has 0 aromatic heterocycles. The number of aliphatic hydroxyl groups excluding tert-OH is 1. The smallest absolute Gasteiger partial charge is 0.0602 e. The van der Waals surface area contributed by atoms with E-state index in [1.807, 2.05) is 0 Å². The van der Waals surface area contributed by atoms with Crippen molar-refractivity contribution in [3.05, 3.63) is 0 Å². The standard InChI is InChI=1S/C22H46N2O/c1-2-3-4-5-6-7-8-9-10-11-12-13-14-15-16-21(17-20-25)22-23-18-19-24-22/h21-25H,2-20H2,1H3. The third kappa shape index (κ3) is 12.8. The number of hydrogen-bond donors (Lipinski definition) is 3. The second kappa shape index (κ2) is 17.3. The Morgan fingerprint density at radius 2 is 1.12 bits per heavy atom. The van der Waals surface area contributed by atoms with Gasteiger partial charge in [-0.25, -0.2) is 0 Å². The third-order valence-electron chi connectivity index (χ3n) is 5.75. The lowest BCUT2D eigenvalue weighted by atomic mass is 9.94. The molecule has 0 amide bonds. The zero-order valence-corrected chi connectivity index (χ0v) is 17.0. The maximum Gasteiger partial charge on any atom is 0.0602 e. The minimum atomic E-state index is 0.323. The fraction of sp³-hybridized carbons (Fsp3) is 1.00. The first kappa shape index (κ1) is 22.9. The Balaban J connectivity index is 1.81. The van der Waals surface area contributed by atoms with Crippen molar-refractivity contribution in [3.8, 4) is 0 Å². The Bertz CT molecular complexity index is 267. The van der Waals surface area contributed by atoms with Crippen LogP contribution in [0.15, 0.2) is 0 Å². The molecule has 3 heteroatoms. The summed E-state index contributed by atoms with van der Waals surface area (Å²) in [5, 5.41) is 16.3. The lowest BCUT2D eigenvalue weighted by Crippen LogP contribution is -2.39. The molecule has 3 nitrogen and oxygen atoms in total. The Labute approximate surface area is 157 Å². The zero-order chi connectivity index (χ0) is 18.0. The second-order valence-electron chi connectivity index (χ2n) is 8.04. The van der Waals surface area contributed by atoms with Gasteiger partial charge in [-0.1, -0.05) is 96.8 Å². The molecule has 0 spiro atoms. The van der Waals surface area contributed by atoms with Crippen molar-refractivity contribution >= 4 is 0 Å². The molecule has 1 fully saturated rings. The van der Waals surface area contributed by atoms with Gasteiger partial charge >= 0.3 is 0 Å². The summed E-state index contributed by atoms with van der Waals surface area (Å²) in [4.78, 5) is 0. The Morgan fingerprint density at radius 3 is 1.56 bits per heavy atom. The molecule has 0 aliphatic carbocycles. The first-order chi connectivity index (χ1) is 12.4. The molecule has 1 heterocycles. The first-order valence-electron chi connectivity index (χ1n) is 11.5. The van der Waals surface area contributed by atoms with Crippen molar-refractivity contribution in [1.82, 2.24) is 10.6 Å². The van der Waals surface area contributed by atoms with Gasteiger partial charge in [-0.15, -0.1) is 0 Å². The molecule has 3 N–H and O–H groups in total. The normalized spacial score (nSPS) is 16.6. The van der Waals surface area contributed by atoms with Gasteiger partial charge in [0.25, 0.3) is 0 Å². The van der Waals surface area contributed by atoms with E-state index in [2.05, 4.69) is 17.6 Å². The van der Waals surface area contributed by atoms with Gasteiger partial charge in [0.15, 0.2) is 0 Å². The van der Waals surface area contributed by atoms with Gasteiger partial charge in [-0.3, -0.25) is 0 Å². The number of rotatable bonds is 18. The van der Waals surface area contributed by atoms with Crippen LogP contribution in [-0.2, 0) is 0 Å². The van der Waals surface area contributed by atoms with Crippen LogP contribution in [0.1, 0.15) is 110 Å². The van der Waals surface area contributed by atoms with Crippen molar-refractivity contribution in [2.24, 2.45) is 5.92 Å². The van der Waals surface area contributed by atoms with Gasteiger partial charge in [-0.05, 0) is 18.8 Å². The molecule has 1 unspecified atom stereocenters. The summed E-state index contributed by atoms with van der Waals surface area (Å²) in [6.45, 7) is 4.76. The topological polar surface area (TPSA) is 44.3 Å². The van der Waals surface area contributed by atoms with Crippen molar-refractivity contribution in [2.45, 2.75) is 116 Å².